The molecular formula is C17H28SiZr. The second kappa shape index (κ2) is 5.11. The normalized spacial score (nSPS) is 24.0. The van der Waals surface area contributed by atoms with Crippen molar-refractivity contribution in [1.29, 1.82) is 0 Å². The molecule has 1 unspecified atom stereocenters. The molecule has 104 valence electrons. The average molecular weight is 352 g/mol. The molecule has 1 atom stereocenters. The first-order valence-electron chi connectivity index (χ1n) is 7.62. The van der Waals surface area contributed by atoms with Crippen molar-refractivity contribution >= 4 is 6.88 Å². The molecule has 19 heavy (non-hydrogen) atoms. The summed E-state index contributed by atoms with van der Waals surface area (Å²) < 4.78 is 8.89. The zero-order chi connectivity index (χ0) is 14.3. The summed E-state index contributed by atoms with van der Waals surface area (Å²) >= 11 is -2.86. The molecule has 0 radical (unpaired) electrons. The van der Waals surface area contributed by atoms with Crippen molar-refractivity contribution in [2.45, 2.75) is 49.3 Å². The minimum absolute atomic E-state index is 0.668. The molecule has 0 aromatic heterocycles. The summed E-state index contributed by atoms with van der Waals surface area (Å²) in [4.78, 5) is 0. The van der Waals surface area contributed by atoms with E-state index in [0.717, 1.165) is 0 Å². The standard InChI is InChI=1S/C10H15.C5H5.2CH3.H2Si.Zr/c1-4-5-10-7-8(2)6-9(10)3;1-2-4-5-3-1;;;;/h7-8H,4-5H2,1-3H3;1-3H,4H2;2*1H3;1H2;. The van der Waals surface area contributed by atoms with Gasteiger partial charge in [-0.15, -0.1) is 0 Å². The van der Waals surface area contributed by atoms with Crippen LogP contribution in [0.3, 0.4) is 0 Å². The summed E-state index contributed by atoms with van der Waals surface area (Å²) in [5, 5.41) is 0. The molecule has 2 aliphatic rings. The van der Waals surface area contributed by atoms with Gasteiger partial charge in [-0.1, -0.05) is 0 Å². The molecule has 2 rings (SSSR count). The Labute approximate surface area is 121 Å². The van der Waals surface area contributed by atoms with E-state index in [-0.39, 0.29) is 0 Å². The van der Waals surface area contributed by atoms with Gasteiger partial charge in [-0.25, -0.2) is 0 Å². The topological polar surface area (TPSA) is 0 Å². The Morgan fingerprint density at radius 3 is 2.58 bits per heavy atom. The SMILES string of the molecule is CCCC1=CC(C)[C]([Zr]([CH3])([CH3])(=[SiH2])[C]2=CC=CC2)=C1C. The second-order valence-corrected chi connectivity index (χ2v) is 35.9. The molecule has 0 heterocycles. The van der Waals surface area contributed by atoms with Gasteiger partial charge in [-0.05, 0) is 0 Å². The first-order chi connectivity index (χ1) is 8.76. The van der Waals surface area contributed by atoms with Crippen LogP contribution in [0.15, 0.2) is 42.0 Å². The van der Waals surface area contributed by atoms with Crippen LogP contribution in [0.1, 0.15) is 40.0 Å². The summed E-state index contributed by atoms with van der Waals surface area (Å²) in [5.74, 6) is 0.668. The Morgan fingerprint density at radius 1 is 1.37 bits per heavy atom. The maximum atomic E-state index is 2.64. The third-order valence-corrected chi connectivity index (χ3v) is 22.2. The average Bonchev–Trinajstić information content (AvgIpc) is 2.88. The Hall–Kier alpha value is 0.0600. The molecule has 0 N–H and O–H groups in total. The van der Waals surface area contributed by atoms with Crippen LogP contribution in [-0.2, 0) is 17.4 Å². The molecule has 0 aliphatic heterocycles. The van der Waals surface area contributed by atoms with Gasteiger partial charge < -0.3 is 0 Å². The van der Waals surface area contributed by atoms with Crippen molar-refractivity contribution in [2.24, 2.45) is 5.92 Å². The van der Waals surface area contributed by atoms with E-state index in [1.807, 2.05) is 3.28 Å². The van der Waals surface area contributed by atoms with Gasteiger partial charge in [-0.3, -0.25) is 0 Å². The first-order valence-corrected chi connectivity index (χ1v) is 20.9. The summed E-state index contributed by atoms with van der Waals surface area (Å²) in [5.41, 5.74) is 3.28. The zero-order valence-corrected chi connectivity index (χ0v) is 17.1. The number of hydrogen-bond donors (Lipinski definition) is 0. The van der Waals surface area contributed by atoms with Gasteiger partial charge >= 0.3 is 122 Å². The van der Waals surface area contributed by atoms with Gasteiger partial charge in [-0.2, -0.15) is 0 Å². The van der Waals surface area contributed by atoms with Crippen LogP contribution in [0, 0.1) is 5.92 Å². The van der Waals surface area contributed by atoms with Crippen molar-refractivity contribution < 1.29 is 17.4 Å². The van der Waals surface area contributed by atoms with Crippen molar-refractivity contribution in [3.63, 3.8) is 0 Å². The molecule has 0 spiro atoms. The van der Waals surface area contributed by atoms with Crippen LogP contribution in [0.5, 0.6) is 0 Å². The van der Waals surface area contributed by atoms with Gasteiger partial charge in [0.15, 0.2) is 0 Å². The van der Waals surface area contributed by atoms with E-state index in [0.29, 0.717) is 5.92 Å². The maximum absolute atomic E-state index is 2.86. The summed E-state index contributed by atoms with van der Waals surface area (Å²) in [6, 6.07) is 0. The van der Waals surface area contributed by atoms with E-state index in [1.54, 1.807) is 14.4 Å². The van der Waals surface area contributed by atoms with E-state index < -0.39 is 17.4 Å². The predicted octanol–water partition coefficient (Wildman–Crippen LogP) is 4.81. The molecule has 0 fully saturated rings. The molecule has 2 aliphatic carbocycles. The van der Waals surface area contributed by atoms with Gasteiger partial charge in [0.05, 0.1) is 0 Å². The number of allylic oxidation sites excluding steroid dienone is 8. The molecule has 0 saturated heterocycles. The monoisotopic (exact) mass is 350 g/mol. The van der Waals surface area contributed by atoms with Gasteiger partial charge in [0.2, 0.25) is 0 Å². The Morgan fingerprint density at radius 2 is 2.05 bits per heavy atom. The molecule has 0 bridgehead atoms. The van der Waals surface area contributed by atoms with Crippen molar-refractivity contribution in [3.05, 3.63) is 42.0 Å². The van der Waals surface area contributed by atoms with Crippen LogP contribution in [0.4, 0.5) is 0 Å². The zero-order valence-electron chi connectivity index (χ0n) is 13.2. The second-order valence-electron chi connectivity index (χ2n) is 7.28. The third kappa shape index (κ3) is 2.63. The Balaban J connectivity index is 2.50. The van der Waals surface area contributed by atoms with Gasteiger partial charge in [0.1, 0.15) is 0 Å². The number of hydrogen-bond acceptors (Lipinski definition) is 0. The molecule has 0 saturated carbocycles. The van der Waals surface area contributed by atoms with Crippen LogP contribution >= 0.6 is 0 Å². The fourth-order valence-electron chi connectivity index (χ4n) is 4.11. The molecule has 2 heteroatoms. The summed E-state index contributed by atoms with van der Waals surface area (Å²) in [7, 11) is 0. The molecule has 0 aromatic carbocycles. The summed E-state index contributed by atoms with van der Waals surface area (Å²) in [6.45, 7) is 9.47. The molecule has 0 amide bonds. The Bertz CT molecular complexity index is 578. The van der Waals surface area contributed by atoms with Crippen LogP contribution < -0.4 is 0 Å². The third-order valence-electron chi connectivity index (χ3n) is 4.98. The van der Waals surface area contributed by atoms with E-state index >= 15 is 0 Å². The predicted molar refractivity (Wildman–Crippen MR) is 87.0 cm³/mol. The molecular weight excluding hydrogens is 323 g/mol. The fraction of sp³-hybridized carbons (Fsp3) is 0.529. The Kier molecular flexibility index (Phi) is 4.16. The fourth-order valence-corrected chi connectivity index (χ4v) is 20.6. The van der Waals surface area contributed by atoms with E-state index in [9.17, 15) is 0 Å². The van der Waals surface area contributed by atoms with Crippen molar-refractivity contribution in [3.8, 4) is 0 Å². The minimum atomic E-state index is -2.86. The van der Waals surface area contributed by atoms with Crippen LogP contribution in [0.2, 0.25) is 9.26 Å². The van der Waals surface area contributed by atoms with Gasteiger partial charge in [0.25, 0.3) is 0 Å². The van der Waals surface area contributed by atoms with Gasteiger partial charge in [0, 0.05) is 0 Å². The molecule has 0 aromatic rings. The van der Waals surface area contributed by atoms with E-state index in [4.69, 9.17) is 0 Å². The van der Waals surface area contributed by atoms with Crippen LogP contribution in [-0.4, -0.2) is 6.88 Å². The van der Waals surface area contributed by atoms with Crippen molar-refractivity contribution in [2.75, 3.05) is 0 Å². The molecule has 0 nitrogen and oxygen atoms in total. The van der Waals surface area contributed by atoms with E-state index in [1.165, 1.54) is 19.3 Å². The van der Waals surface area contributed by atoms with Crippen LogP contribution in [0.25, 0.3) is 0 Å². The first kappa shape index (κ1) is 15.4. The number of rotatable bonds is 4. The van der Waals surface area contributed by atoms with Crippen molar-refractivity contribution in [1.82, 2.24) is 0 Å². The quantitative estimate of drug-likeness (QED) is 0.637. The summed E-state index contributed by atoms with van der Waals surface area (Å²) in [6.07, 6.45) is 13.3. The van der Waals surface area contributed by atoms with E-state index in [2.05, 4.69) is 61.2 Å².